The van der Waals surface area contributed by atoms with E-state index in [-0.39, 0.29) is 17.2 Å². The summed E-state index contributed by atoms with van der Waals surface area (Å²) >= 11 is 2.04. The molecule has 1 aromatic carbocycles. The van der Waals surface area contributed by atoms with Crippen LogP contribution in [0.15, 0.2) is 35.3 Å². The molecule has 0 saturated carbocycles. The molecule has 0 radical (unpaired) electrons. The highest BCUT2D eigenvalue weighted by atomic mass is 32.2. The zero-order valence-electron chi connectivity index (χ0n) is 18.7. The van der Waals surface area contributed by atoms with Gasteiger partial charge in [-0.2, -0.15) is 11.8 Å². The number of nitrogens with one attached hydrogen (secondary N) is 2. The number of rotatable bonds is 7. The number of likely N-dealkylation sites (tertiary alicyclic amines) is 1. The fourth-order valence-electron chi connectivity index (χ4n) is 3.96. The largest absolute Gasteiger partial charge is 0.355 e. The SMILES string of the molecule is CN(C)C(=O)CN=C(NCC1(C)CCCS1)NC1CCN(Cc2ccccc2)CC1. The van der Waals surface area contributed by atoms with E-state index in [2.05, 4.69) is 57.8 Å². The molecule has 1 unspecified atom stereocenters. The highest BCUT2D eigenvalue weighted by Crippen LogP contribution is 2.36. The van der Waals surface area contributed by atoms with Gasteiger partial charge in [-0.25, -0.2) is 4.99 Å². The highest BCUT2D eigenvalue weighted by Gasteiger charge is 2.30. The molecule has 2 heterocycles. The summed E-state index contributed by atoms with van der Waals surface area (Å²) in [7, 11) is 3.55. The molecule has 2 saturated heterocycles. The number of carbonyl (C=O) groups is 1. The Bertz CT molecular complexity index is 695. The lowest BCUT2D eigenvalue weighted by atomic mass is 10.0. The standard InChI is InChI=1S/C23H37N5OS/c1-23(12-7-15-30-23)18-25-22(24-16-21(29)27(2)3)26-20-10-13-28(14-11-20)17-19-8-5-4-6-9-19/h4-6,8-9,20H,7,10-18H2,1-3H3,(H2,24,25,26). The Morgan fingerprint density at radius 2 is 2.00 bits per heavy atom. The van der Waals surface area contributed by atoms with Crippen LogP contribution in [0.4, 0.5) is 0 Å². The van der Waals surface area contributed by atoms with E-state index in [1.807, 2.05) is 11.8 Å². The molecular weight excluding hydrogens is 394 g/mol. The predicted octanol–water partition coefficient (Wildman–Crippen LogP) is 2.56. The van der Waals surface area contributed by atoms with Crippen LogP contribution in [0, 0.1) is 0 Å². The number of aliphatic imine (C=N–C) groups is 1. The highest BCUT2D eigenvalue weighted by molar-refractivity contribution is 8.00. The summed E-state index contributed by atoms with van der Waals surface area (Å²) in [6.45, 7) is 6.54. The van der Waals surface area contributed by atoms with E-state index < -0.39 is 0 Å². The second-order valence-electron chi connectivity index (χ2n) is 8.89. The molecule has 0 aliphatic carbocycles. The Morgan fingerprint density at radius 3 is 2.63 bits per heavy atom. The van der Waals surface area contributed by atoms with Gasteiger partial charge in [0.1, 0.15) is 6.54 Å². The van der Waals surface area contributed by atoms with Crippen molar-refractivity contribution in [3.8, 4) is 0 Å². The van der Waals surface area contributed by atoms with Crippen molar-refractivity contribution >= 4 is 23.6 Å². The van der Waals surface area contributed by atoms with E-state index in [4.69, 9.17) is 0 Å². The molecule has 3 rings (SSSR count). The van der Waals surface area contributed by atoms with Gasteiger partial charge in [0, 0.05) is 51.1 Å². The van der Waals surface area contributed by atoms with Crippen LogP contribution in [-0.2, 0) is 11.3 Å². The first kappa shape index (κ1) is 22.9. The smallest absolute Gasteiger partial charge is 0.243 e. The van der Waals surface area contributed by atoms with Crippen LogP contribution in [0.3, 0.4) is 0 Å². The summed E-state index contributed by atoms with van der Waals surface area (Å²) in [5, 5.41) is 7.14. The number of carbonyl (C=O) groups excluding carboxylic acids is 1. The minimum absolute atomic E-state index is 0.0234. The number of piperidine rings is 1. The second kappa shape index (κ2) is 11.0. The summed E-state index contributed by atoms with van der Waals surface area (Å²) in [5.41, 5.74) is 1.37. The Balaban J connectivity index is 1.51. The number of likely N-dealkylation sites (N-methyl/N-ethyl adjacent to an activating group) is 1. The van der Waals surface area contributed by atoms with Gasteiger partial charge < -0.3 is 15.5 Å². The third kappa shape index (κ3) is 7.20. The van der Waals surface area contributed by atoms with E-state index in [0.717, 1.165) is 45.0 Å². The third-order valence-corrected chi connectivity index (χ3v) is 7.52. The molecule has 0 aromatic heterocycles. The lowest BCUT2D eigenvalue weighted by Crippen LogP contribution is -2.50. The van der Waals surface area contributed by atoms with E-state index in [1.54, 1.807) is 19.0 Å². The molecule has 1 aromatic rings. The molecule has 0 bridgehead atoms. The molecule has 6 nitrogen and oxygen atoms in total. The molecule has 2 N–H and O–H groups in total. The molecule has 2 aliphatic rings. The van der Waals surface area contributed by atoms with E-state index >= 15 is 0 Å². The minimum atomic E-state index is 0.0234. The fourth-order valence-corrected chi connectivity index (χ4v) is 5.20. The minimum Gasteiger partial charge on any atom is -0.355 e. The van der Waals surface area contributed by atoms with Crippen LogP contribution in [-0.4, -0.2) is 78.5 Å². The lowest BCUT2D eigenvalue weighted by Gasteiger charge is -2.33. The summed E-state index contributed by atoms with van der Waals surface area (Å²) in [4.78, 5) is 20.7. The number of guanidine groups is 1. The maximum Gasteiger partial charge on any atom is 0.243 e. The van der Waals surface area contributed by atoms with Crippen LogP contribution in [0.2, 0.25) is 0 Å². The van der Waals surface area contributed by atoms with Crippen molar-refractivity contribution in [2.75, 3.05) is 46.0 Å². The first-order chi connectivity index (χ1) is 14.4. The lowest BCUT2D eigenvalue weighted by molar-refractivity contribution is -0.127. The Hall–Kier alpha value is -1.73. The van der Waals surface area contributed by atoms with E-state index in [1.165, 1.54) is 24.2 Å². The number of amides is 1. The van der Waals surface area contributed by atoms with Crippen molar-refractivity contribution in [2.24, 2.45) is 4.99 Å². The van der Waals surface area contributed by atoms with Crippen molar-refractivity contribution in [3.05, 3.63) is 35.9 Å². The molecule has 1 amide bonds. The third-order valence-electron chi connectivity index (χ3n) is 5.98. The molecule has 166 valence electrons. The van der Waals surface area contributed by atoms with Gasteiger partial charge in [0.15, 0.2) is 5.96 Å². The number of nitrogens with zero attached hydrogens (tertiary/aromatic N) is 3. The summed E-state index contributed by atoms with van der Waals surface area (Å²) in [5.74, 6) is 2.03. The van der Waals surface area contributed by atoms with Gasteiger partial charge in [0.25, 0.3) is 0 Å². The van der Waals surface area contributed by atoms with Gasteiger partial charge in [0.2, 0.25) is 5.91 Å². The zero-order valence-corrected chi connectivity index (χ0v) is 19.5. The first-order valence-electron chi connectivity index (χ1n) is 11.1. The summed E-state index contributed by atoms with van der Waals surface area (Å²) in [6, 6.07) is 11.1. The first-order valence-corrected chi connectivity index (χ1v) is 12.1. The number of benzene rings is 1. The van der Waals surface area contributed by atoms with Gasteiger partial charge in [-0.05, 0) is 43.9 Å². The van der Waals surface area contributed by atoms with Gasteiger partial charge in [-0.1, -0.05) is 30.3 Å². The van der Waals surface area contributed by atoms with Crippen molar-refractivity contribution < 1.29 is 4.79 Å². The molecule has 30 heavy (non-hydrogen) atoms. The quantitative estimate of drug-likeness (QED) is 0.513. The molecule has 2 aliphatic heterocycles. The summed E-state index contributed by atoms with van der Waals surface area (Å²) in [6.07, 6.45) is 4.68. The van der Waals surface area contributed by atoms with Crippen LogP contribution in [0.25, 0.3) is 0 Å². The Kier molecular flexibility index (Phi) is 8.45. The maximum atomic E-state index is 12.0. The maximum absolute atomic E-state index is 12.0. The topological polar surface area (TPSA) is 60.0 Å². The van der Waals surface area contributed by atoms with Crippen LogP contribution in [0.1, 0.15) is 38.2 Å². The monoisotopic (exact) mass is 431 g/mol. The van der Waals surface area contributed by atoms with Gasteiger partial charge in [0.05, 0.1) is 0 Å². The molecular formula is C23H37N5OS. The average Bonchev–Trinajstić information content (AvgIpc) is 3.18. The Labute approximate surface area is 185 Å². The van der Waals surface area contributed by atoms with E-state index in [9.17, 15) is 4.79 Å². The molecule has 1 atom stereocenters. The summed E-state index contributed by atoms with van der Waals surface area (Å²) < 4.78 is 0.257. The van der Waals surface area contributed by atoms with Gasteiger partial charge in [-0.3, -0.25) is 9.69 Å². The van der Waals surface area contributed by atoms with Crippen molar-refractivity contribution in [1.82, 2.24) is 20.4 Å². The molecule has 7 heteroatoms. The van der Waals surface area contributed by atoms with Crippen LogP contribution in [0.5, 0.6) is 0 Å². The van der Waals surface area contributed by atoms with Crippen molar-refractivity contribution in [3.63, 3.8) is 0 Å². The zero-order chi connectivity index (χ0) is 21.4. The average molecular weight is 432 g/mol. The second-order valence-corrected chi connectivity index (χ2v) is 10.6. The number of thioether (sulfide) groups is 1. The van der Waals surface area contributed by atoms with Crippen molar-refractivity contribution in [1.29, 1.82) is 0 Å². The molecule has 0 spiro atoms. The predicted molar refractivity (Wildman–Crippen MR) is 127 cm³/mol. The molecule has 2 fully saturated rings. The fraction of sp³-hybridized carbons (Fsp3) is 0.652. The number of hydrogen-bond donors (Lipinski definition) is 2. The normalized spacial score (nSPS) is 23.4. The van der Waals surface area contributed by atoms with Gasteiger partial charge >= 0.3 is 0 Å². The van der Waals surface area contributed by atoms with Gasteiger partial charge in [-0.15, -0.1) is 0 Å². The van der Waals surface area contributed by atoms with Crippen LogP contribution >= 0.6 is 11.8 Å². The Morgan fingerprint density at radius 1 is 1.27 bits per heavy atom. The number of hydrogen-bond acceptors (Lipinski definition) is 4. The van der Waals surface area contributed by atoms with Crippen molar-refractivity contribution in [2.45, 2.75) is 49.9 Å². The van der Waals surface area contributed by atoms with Crippen LogP contribution < -0.4 is 10.6 Å². The van der Waals surface area contributed by atoms with E-state index in [0.29, 0.717) is 6.04 Å².